The van der Waals surface area contributed by atoms with Crippen LogP contribution in [0.25, 0.3) is 0 Å². The lowest BCUT2D eigenvalue weighted by atomic mass is 9.87. The van der Waals surface area contributed by atoms with Crippen molar-refractivity contribution in [3.05, 3.63) is 0 Å². The second-order valence-electron chi connectivity index (χ2n) is 6.95. The fraction of sp³-hybridized carbons (Fsp3) is 0.933. The number of fused-ring (bicyclic) bond motifs is 1. The largest absolute Gasteiger partial charge is 0.379 e. The molecule has 4 nitrogen and oxygen atoms in total. The van der Waals surface area contributed by atoms with Crippen molar-refractivity contribution in [1.29, 1.82) is 0 Å². The molecular weight excluding hydrogens is 259 g/mol. The van der Waals surface area contributed by atoms with Gasteiger partial charge in [-0.15, -0.1) is 0 Å². The molecule has 0 aromatic heterocycles. The molecule has 0 radical (unpaired) electrons. The van der Waals surface area contributed by atoms with E-state index in [4.69, 9.17) is 4.74 Å². The van der Waals surface area contributed by atoms with Gasteiger partial charge in [-0.3, -0.25) is 9.69 Å². The van der Waals surface area contributed by atoms with Crippen molar-refractivity contribution in [2.45, 2.75) is 37.4 Å². The van der Waals surface area contributed by atoms with E-state index in [0.29, 0.717) is 37.3 Å². The van der Waals surface area contributed by atoms with Crippen LogP contribution in [-0.2, 0) is 9.53 Å². The lowest BCUT2D eigenvalue weighted by Gasteiger charge is -2.38. The lowest BCUT2D eigenvalue weighted by molar-refractivity contribution is -0.137. The predicted molar refractivity (Wildman–Crippen MR) is 72.0 cm³/mol. The number of rotatable bonds is 2. The van der Waals surface area contributed by atoms with E-state index in [2.05, 4.69) is 4.90 Å². The Balaban J connectivity index is 1.47. The molecule has 0 unspecified atom stereocenters. The molecule has 5 heteroatoms. The molecule has 0 aromatic carbocycles. The number of amides is 1. The Morgan fingerprint density at radius 2 is 1.90 bits per heavy atom. The quantitative estimate of drug-likeness (QED) is 0.759. The first kappa shape index (κ1) is 13.0. The van der Waals surface area contributed by atoms with Crippen molar-refractivity contribution in [3.63, 3.8) is 0 Å². The minimum absolute atomic E-state index is 0.257. The molecule has 4 fully saturated rings. The summed E-state index contributed by atoms with van der Waals surface area (Å²) < 4.78 is 19.8. The second kappa shape index (κ2) is 4.67. The topological polar surface area (TPSA) is 32.8 Å². The van der Waals surface area contributed by atoms with E-state index in [1.165, 1.54) is 12.8 Å². The van der Waals surface area contributed by atoms with Gasteiger partial charge in [0.1, 0.15) is 0 Å². The molecule has 4 aliphatic rings. The lowest BCUT2D eigenvalue weighted by Crippen LogP contribution is -2.49. The van der Waals surface area contributed by atoms with Crippen LogP contribution in [0.1, 0.15) is 25.7 Å². The highest BCUT2D eigenvalue weighted by atomic mass is 19.1. The van der Waals surface area contributed by atoms with E-state index in [-0.39, 0.29) is 5.91 Å². The molecule has 3 atom stereocenters. The summed E-state index contributed by atoms with van der Waals surface area (Å²) in [5.41, 5.74) is -1.52. The highest BCUT2D eigenvalue weighted by molar-refractivity contribution is 5.88. The summed E-state index contributed by atoms with van der Waals surface area (Å²) in [4.78, 5) is 16.5. The van der Waals surface area contributed by atoms with Gasteiger partial charge < -0.3 is 9.64 Å². The molecule has 1 aliphatic carbocycles. The first-order valence-electron chi connectivity index (χ1n) is 7.97. The molecule has 3 heterocycles. The highest BCUT2D eigenvalue weighted by Gasteiger charge is 2.55. The SMILES string of the molecule is O=C(N1C[C@@H]2COC[C@@H](N3CCCC3)[C@@H]2C1)C1(F)CC1. The van der Waals surface area contributed by atoms with Crippen LogP contribution in [-0.4, -0.2) is 66.8 Å². The summed E-state index contributed by atoms with van der Waals surface area (Å²) in [5.74, 6) is 0.626. The Morgan fingerprint density at radius 1 is 1.15 bits per heavy atom. The molecule has 0 N–H and O–H groups in total. The van der Waals surface area contributed by atoms with Gasteiger partial charge in [-0.1, -0.05) is 0 Å². The third-order valence-electron chi connectivity index (χ3n) is 5.58. The van der Waals surface area contributed by atoms with Gasteiger partial charge in [-0.2, -0.15) is 0 Å². The normalized spacial score (nSPS) is 39.9. The number of hydrogen-bond donors (Lipinski definition) is 0. The van der Waals surface area contributed by atoms with Gasteiger partial charge in [-0.25, -0.2) is 4.39 Å². The van der Waals surface area contributed by atoms with Gasteiger partial charge in [0.05, 0.1) is 13.2 Å². The number of alkyl halides is 1. The van der Waals surface area contributed by atoms with E-state index >= 15 is 0 Å². The minimum Gasteiger partial charge on any atom is -0.379 e. The molecule has 0 spiro atoms. The van der Waals surface area contributed by atoms with Gasteiger partial charge in [-0.05, 0) is 38.8 Å². The monoisotopic (exact) mass is 282 g/mol. The smallest absolute Gasteiger partial charge is 0.260 e. The number of carbonyl (C=O) groups excluding carboxylic acids is 1. The average molecular weight is 282 g/mol. The van der Waals surface area contributed by atoms with Gasteiger partial charge in [0.15, 0.2) is 5.67 Å². The van der Waals surface area contributed by atoms with Crippen molar-refractivity contribution >= 4 is 5.91 Å². The number of likely N-dealkylation sites (tertiary alicyclic amines) is 2. The molecule has 3 aliphatic heterocycles. The summed E-state index contributed by atoms with van der Waals surface area (Å²) in [5, 5.41) is 0. The van der Waals surface area contributed by atoms with E-state index in [1.54, 1.807) is 4.90 Å². The Bertz CT molecular complexity index is 407. The van der Waals surface area contributed by atoms with Crippen LogP contribution in [0.15, 0.2) is 0 Å². The van der Waals surface area contributed by atoms with Crippen molar-refractivity contribution in [3.8, 4) is 0 Å². The van der Waals surface area contributed by atoms with Gasteiger partial charge in [0.25, 0.3) is 5.91 Å². The fourth-order valence-electron chi connectivity index (χ4n) is 4.19. The first-order valence-corrected chi connectivity index (χ1v) is 7.97. The summed E-state index contributed by atoms with van der Waals surface area (Å²) in [6.45, 7) is 5.25. The average Bonchev–Trinajstić information content (AvgIpc) is 2.92. The zero-order valence-corrected chi connectivity index (χ0v) is 11.9. The number of hydrogen-bond acceptors (Lipinski definition) is 3. The van der Waals surface area contributed by atoms with Gasteiger partial charge in [0, 0.05) is 31.0 Å². The van der Waals surface area contributed by atoms with Crippen LogP contribution in [0.4, 0.5) is 4.39 Å². The van der Waals surface area contributed by atoms with Gasteiger partial charge >= 0.3 is 0 Å². The predicted octanol–water partition coefficient (Wildman–Crippen LogP) is 1.06. The molecule has 0 aromatic rings. The summed E-state index contributed by atoms with van der Waals surface area (Å²) >= 11 is 0. The van der Waals surface area contributed by atoms with E-state index < -0.39 is 5.67 Å². The Labute approximate surface area is 119 Å². The van der Waals surface area contributed by atoms with E-state index in [9.17, 15) is 9.18 Å². The van der Waals surface area contributed by atoms with Crippen LogP contribution in [0.2, 0.25) is 0 Å². The molecule has 20 heavy (non-hydrogen) atoms. The van der Waals surface area contributed by atoms with Crippen LogP contribution in [0.3, 0.4) is 0 Å². The van der Waals surface area contributed by atoms with Crippen molar-refractivity contribution < 1.29 is 13.9 Å². The summed E-state index contributed by atoms with van der Waals surface area (Å²) in [6.07, 6.45) is 3.38. The molecule has 4 rings (SSSR count). The highest BCUT2D eigenvalue weighted by Crippen LogP contribution is 2.44. The van der Waals surface area contributed by atoms with Gasteiger partial charge in [0.2, 0.25) is 0 Å². The van der Waals surface area contributed by atoms with Crippen LogP contribution >= 0.6 is 0 Å². The second-order valence-corrected chi connectivity index (χ2v) is 6.95. The third kappa shape index (κ3) is 2.06. The van der Waals surface area contributed by atoms with Crippen LogP contribution in [0.5, 0.6) is 0 Å². The molecule has 112 valence electrons. The van der Waals surface area contributed by atoms with Crippen molar-refractivity contribution in [2.24, 2.45) is 11.8 Å². The van der Waals surface area contributed by atoms with Crippen LogP contribution < -0.4 is 0 Å². The zero-order valence-electron chi connectivity index (χ0n) is 11.9. The third-order valence-corrected chi connectivity index (χ3v) is 5.58. The maximum Gasteiger partial charge on any atom is 0.260 e. The number of ether oxygens (including phenoxy) is 1. The molecule has 0 bridgehead atoms. The first-order chi connectivity index (χ1) is 9.67. The summed E-state index contributed by atoms with van der Waals surface area (Å²) in [7, 11) is 0. The Hall–Kier alpha value is -0.680. The molecule has 1 saturated carbocycles. The van der Waals surface area contributed by atoms with Crippen molar-refractivity contribution in [1.82, 2.24) is 9.80 Å². The zero-order chi connectivity index (χ0) is 13.7. The maximum atomic E-state index is 14.0. The van der Waals surface area contributed by atoms with Crippen LogP contribution in [0, 0.1) is 11.8 Å². The number of halogens is 1. The van der Waals surface area contributed by atoms with E-state index in [1.807, 2.05) is 0 Å². The Kier molecular flexibility index (Phi) is 3.04. The molecule has 3 saturated heterocycles. The standard InChI is InChI=1S/C15H23FN2O2/c16-15(3-4-15)14(19)18-7-11-9-20-10-13(12(11)8-18)17-5-1-2-6-17/h11-13H,1-10H2/t11-,12-,13-/m1/s1. The number of carbonyl (C=O) groups is 1. The fourth-order valence-corrected chi connectivity index (χ4v) is 4.19. The molecule has 1 amide bonds. The minimum atomic E-state index is -1.52. The molecular formula is C15H23FN2O2. The van der Waals surface area contributed by atoms with Crippen molar-refractivity contribution in [2.75, 3.05) is 39.4 Å². The van der Waals surface area contributed by atoms with E-state index in [0.717, 1.165) is 32.8 Å². The summed E-state index contributed by atoms with van der Waals surface area (Å²) in [6, 6.07) is 0.434. The maximum absolute atomic E-state index is 14.0. The Morgan fingerprint density at radius 3 is 2.60 bits per heavy atom. The number of nitrogens with zero attached hydrogens (tertiary/aromatic N) is 2.